The van der Waals surface area contributed by atoms with Gasteiger partial charge in [-0.05, 0) is 71.4 Å². The number of hydrogen-bond acceptors (Lipinski definition) is 8. The first-order valence-electron chi connectivity index (χ1n) is 9.69. The summed E-state index contributed by atoms with van der Waals surface area (Å²) in [5, 5.41) is -0.328. The minimum Gasteiger partial charge on any atom is -0.497 e. The SMILES string of the molecule is COc1ccc(-c2ccc(/C=C3\SC(=O)N(Cc4cc5c(cc4N)OCO5)C3=O)s2)cc1. The Morgan fingerprint density at radius 3 is 2.59 bits per heavy atom. The van der Waals surface area contributed by atoms with Crippen LogP contribution < -0.4 is 19.9 Å². The normalized spacial score (nSPS) is 16.3. The number of fused-ring (bicyclic) bond motifs is 1. The fourth-order valence-corrected chi connectivity index (χ4v) is 5.27. The summed E-state index contributed by atoms with van der Waals surface area (Å²) in [6, 6.07) is 15.1. The van der Waals surface area contributed by atoms with Crippen molar-refractivity contribution < 1.29 is 23.8 Å². The Morgan fingerprint density at radius 1 is 1.09 bits per heavy atom. The molecule has 2 amide bonds. The van der Waals surface area contributed by atoms with Crippen molar-refractivity contribution in [1.29, 1.82) is 0 Å². The van der Waals surface area contributed by atoms with Crippen molar-refractivity contribution in [3.05, 3.63) is 63.9 Å². The van der Waals surface area contributed by atoms with Crippen LogP contribution >= 0.6 is 23.1 Å². The van der Waals surface area contributed by atoms with Gasteiger partial charge in [0.25, 0.3) is 11.1 Å². The standard InChI is InChI=1S/C23H18N2O5S2/c1-28-15-4-2-13(3-5-15)20-7-6-16(31-20)9-21-22(26)25(23(27)32-21)11-14-8-18-19(10-17(14)24)30-12-29-18/h2-10H,11-12,24H2,1H3/b21-9-. The van der Waals surface area contributed by atoms with Crippen LogP contribution in [0.1, 0.15) is 10.4 Å². The predicted molar refractivity (Wildman–Crippen MR) is 125 cm³/mol. The van der Waals surface area contributed by atoms with Crippen LogP contribution in [0, 0.1) is 0 Å². The van der Waals surface area contributed by atoms with Gasteiger partial charge in [0.15, 0.2) is 11.5 Å². The van der Waals surface area contributed by atoms with Crippen LogP contribution in [0.2, 0.25) is 0 Å². The molecule has 162 valence electrons. The van der Waals surface area contributed by atoms with Gasteiger partial charge in [0, 0.05) is 21.5 Å². The zero-order valence-corrected chi connectivity index (χ0v) is 18.6. The molecule has 3 aromatic rings. The van der Waals surface area contributed by atoms with E-state index in [0.29, 0.717) is 27.7 Å². The third kappa shape index (κ3) is 3.80. The number of rotatable bonds is 5. The highest BCUT2D eigenvalue weighted by Crippen LogP contribution is 2.39. The molecular weight excluding hydrogens is 448 g/mol. The van der Waals surface area contributed by atoms with Crippen molar-refractivity contribution in [2.75, 3.05) is 19.6 Å². The predicted octanol–water partition coefficient (Wildman–Crippen LogP) is 4.97. The Hall–Kier alpha value is -3.43. The second-order valence-electron chi connectivity index (χ2n) is 7.10. The fourth-order valence-electron chi connectivity index (χ4n) is 3.41. The molecule has 1 saturated heterocycles. The maximum atomic E-state index is 12.9. The van der Waals surface area contributed by atoms with Gasteiger partial charge in [0.1, 0.15) is 5.75 Å². The quantitative estimate of drug-likeness (QED) is 0.419. The number of imide groups is 1. The average Bonchev–Trinajstić information content (AvgIpc) is 3.51. The molecule has 32 heavy (non-hydrogen) atoms. The van der Waals surface area contributed by atoms with Crippen LogP contribution in [0.4, 0.5) is 10.5 Å². The fraction of sp³-hybridized carbons (Fsp3) is 0.130. The summed E-state index contributed by atoms with van der Waals surface area (Å²) in [6.07, 6.45) is 1.76. The Bertz CT molecular complexity index is 1250. The largest absolute Gasteiger partial charge is 0.497 e. The van der Waals surface area contributed by atoms with E-state index in [4.69, 9.17) is 19.9 Å². The number of ether oxygens (including phenoxy) is 3. The summed E-state index contributed by atoms with van der Waals surface area (Å²) >= 11 is 2.48. The summed E-state index contributed by atoms with van der Waals surface area (Å²) in [7, 11) is 1.63. The van der Waals surface area contributed by atoms with E-state index in [-0.39, 0.29) is 24.5 Å². The maximum absolute atomic E-state index is 12.9. The van der Waals surface area contributed by atoms with E-state index in [2.05, 4.69) is 0 Å². The monoisotopic (exact) mass is 466 g/mol. The molecule has 0 aliphatic carbocycles. The van der Waals surface area contributed by atoms with E-state index < -0.39 is 0 Å². The molecule has 2 aliphatic rings. The highest BCUT2D eigenvalue weighted by Gasteiger charge is 2.35. The average molecular weight is 467 g/mol. The lowest BCUT2D eigenvalue weighted by molar-refractivity contribution is -0.123. The zero-order chi connectivity index (χ0) is 22.2. The van der Waals surface area contributed by atoms with Crippen LogP contribution in [0.3, 0.4) is 0 Å². The Kier molecular flexibility index (Phi) is 5.28. The van der Waals surface area contributed by atoms with Crippen molar-refractivity contribution in [3.63, 3.8) is 0 Å². The number of carbonyl (C=O) groups is 2. The minimum atomic E-state index is -0.337. The summed E-state index contributed by atoms with van der Waals surface area (Å²) in [5.74, 6) is 1.57. The molecule has 1 aromatic heterocycles. The number of nitrogens with zero attached hydrogens (tertiary/aromatic N) is 1. The number of anilines is 1. The molecule has 0 radical (unpaired) electrons. The van der Waals surface area contributed by atoms with Gasteiger partial charge in [0.05, 0.1) is 18.6 Å². The first kappa shape index (κ1) is 20.5. The van der Waals surface area contributed by atoms with Crippen molar-refractivity contribution in [2.24, 2.45) is 0 Å². The van der Waals surface area contributed by atoms with Gasteiger partial charge in [-0.2, -0.15) is 0 Å². The van der Waals surface area contributed by atoms with Gasteiger partial charge in [-0.1, -0.05) is 0 Å². The van der Waals surface area contributed by atoms with Gasteiger partial charge < -0.3 is 19.9 Å². The third-order valence-electron chi connectivity index (χ3n) is 5.11. The van der Waals surface area contributed by atoms with Crippen molar-refractivity contribution in [1.82, 2.24) is 4.90 Å². The van der Waals surface area contributed by atoms with E-state index in [0.717, 1.165) is 32.8 Å². The summed E-state index contributed by atoms with van der Waals surface area (Å²) in [4.78, 5) is 29.0. The molecule has 2 aromatic carbocycles. The number of nitrogens with two attached hydrogens (primary N) is 1. The molecule has 0 bridgehead atoms. The van der Waals surface area contributed by atoms with Crippen LogP contribution in [-0.4, -0.2) is 29.9 Å². The van der Waals surface area contributed by atoms with E-state index in [1.807, 2.05) is 36.4 Å². The Balaban J connectivity index is 1.34. The summed E-state index contributed by atoms with van der Waals surface area (Å²) in [6.45, 7) is 0.202. The smallest absolute Gasteiger partial charge is 0.293 e. The van der Waals surface area contributed by atoms with Crippen LogP contribution in [-0.2, 0) is 11.3 Å². The van der Waals surface area contributed by atoms with E-state index >= 15 is 0 Å². The second-order valence-corrected chi connectivity index (χ2v) is 9.21. The third-order valence-corrected chi connectivity index (χ3v) is 7.10. The number of methoxy groups -OCH3 is 1. The minimum absolute atomic E-state index is 0.0754. The Labute approximate surface area is 192 Å². The van der Waals surface area contributed by atoms with Crippen molar-refractivity contribution in [3.8, 4) is 27.7 Å². The molecule has 9 heteroatoms. The van der Waals surface area contributed by atoms with Crippen LogP contribution in [0.5, 0.6) is 17.2 Å². The van der Waals surface area contributed by atoms with Crippen LogP contribution in [0.15, 0.2) is 53.4 Å². The summed E-state index contributed by atoms with van der Waals surface area (Å²) < 4.78 is 15.9. The number of thiophene rings is 1. The molecule has 7 nitrogen and oxygen atoms in total. The second kappa shape index (κ2) is 8.25. The number of amides is 2. The topological polar surface area (TPSA) is 91.1 Å². The maximum Gasteiger partial charge on any atom is 0.293 e. The van der Waals surface area contributed by atoms with E-state index in [1.54, 1.807) is 36.7 Å². The first-order valence-corrected chi connectivity index (χ1v) is 11.3. The number of carbonyl (C=O) groups excluding carboxylic acids is 2. The van der Waals surface area contributed by atoms with Gasteiger partial charge in [-0.25, -0.2) is 0 Å². The molecule has 0 spiro atoms. The van der Waals surface area contributed by atoms with Crippen molar-refractivity contribution in [2.45, 2.75) is 6.54 Å². The van der Waals surface area contributed by atoms with Gasteiger partial charge >= 0.3 is 0 Å². The lowest BCUT2D eigenvalue weighted by atomic mass is 10.1. The molecule has 0 saturated carbocycles. The number of nitrogen functional groups attached to an aromatic ring is 1. The number of thioether (sulfide) groups is 1. The number of benzene rings is 2. The molecule has 3 heterocycles. The van der Waals surface area contributed by atoms with Crippen LogP contribution in [0.25, 0.3) is 16.5 Å². The van der Waals surface area contributed by atoms with Gasteiger partial charge in [0.2, 0.25) is 6.79 Å². The first-order chi connectivity index (χ1) is 15.5. The molecular formula is C23H18N2O5S2. The lowest BCUT2D eigenvalue weighted by Crippen LogP contribution is -2.27. The molecule has 1 fully saturated rings. The van der Waals surface area contributed by atoms with E-state index in [9.17, 15) is 9.59 Å². The van der Waals surface area contributed by atoms with E-state index in [1.165, 1.54) is 4.90 Å². The van der Waals surface area contributed by atoms with Gasteiger partial charge in [-0.15, -0.1) is 11.3 Å². The Morgan fingerprint density at radius 2 is 1.84 bits per heavy atom. The zero-order valence-electron chi connectivity index (χ0n) is 17.0. The molecule has 2 N–H and O–H groups in total. The molecule has 0 atom stereocenters. The van der Waals surface area contributed by atoms with Crippen molar-refractivity contribution >= 4 is 46.0 Å². The number of hydrogen-bond donors (Lipinski definition) is 1. The summed E-state index contributed by atoms with van der Waals surface area (Å²) in [5.41, 5.74) is 8.22. The molecule has 0 unspecified atom stereocenters. The molecule has 2 aliphatic heterocycles. The highest BCUT2D eigenvalue weighted by atomic mass is 32.2. The highest BCUT2D eigenvalue weighted by molar-refractivity contribution is 8.18. The molecule has 5 rings (SSSR count). The van der Waals surface area contributed by atoms with Gasteiger partial charge in [-0.3, -0.25) is 14.5 Å². The lowest BCUT2D eigenvalue weighted by Gasteiger charge is -2.14.